The average Bonchev–Trinajstić information content (AvgIpc) is 2.76. The number of nitrogens with two attached hydrogens (primary N) is 1. The fraction of sp³-hybridized carbons (Fsp3) is 0.400. The minimum absolute atomic E-state index is 0.319. The number of fused-ring (bicyclic) bond motifs is 1. The Hall–Kier alpha value is -1.64. The summed E-state index contributed by atoms with van der Waals surface area (Å²) in [6, 6.07) is 15.7. The van der Waals surface area contributed by atoms with Gasteiger partial charge in [-0.05, 0) is 63.0 Å². The number of benzene rings is 2. The van der Waals surface area contributed by atoms with E-state index in [-0.39, 0.29) is 5.54 Å². The van der Waals surface area contributed by atoms with Crippen LogP contribution in [0.2, 0.25) is 0 Å². The maximum absolute atomic E-state index is 7.01. The van der Waals surface area contributed by atoms with Crippen molar-refractivity contribution in [3.8, 4) is 0 Å². The summed E-state index contributed by atoms with van der Waals surface area (Å²) in [4.78, 5) is 2.28. The first-order valence-corrected chi connectivity index (χ1v) is 8.01. The molecule has 1 aliphatic rings. The van der Waals surface area contributed by atoms with Crippen molar-refractivity contribution in [2.75, 3.05) is 14.1 Å². The van der Waals surface area contributed by atoms with Gasteiger partial charge in [0.2, 0.25) is 0 Å². The third kappa shape index (κ3) is 2.47. The summed E-state index contributed by atoms with van der Waals surface area (Å²) in [5.41, 5.74) is 13.4. The highest BCUT2D eigenvalue weighted by molar-refractivity contribution is 5.44. The topological polar surface area (TPSA) is 29.3 Å². The van der Waals surface area contributed by atoms with E-state index in [1.54, 1.807) is 0 Å². The summed E-state index contributed by atoms with van der Waals surface area (Å²) in [5, 5.41) is 0. The van der Waals surface area contributed by atoms with Crippen molar-refractivity contribution >= 4 is 0 Å². The van der Waals surface area contributed by atoms with Crippen LogP contribution < -0.4 is 5.73 Å². The van der Waals surface area contributed by atoms with Crippen molar-refractivity contribution in [2.45, 2.75) is 38.3 Å². The molecule has 0 aromatic heterocycles. The highest BCUT2D eigenvalue weighted by Gasteiger charge is 2.44. The molecule has 0 radical (unpaired) electrons. The lowest BCUT2D eigenvalue weighted by Crippen LogP contribution is -2.53. The molecule has 3 rings (SSSR count). The van der Waals surface area contributed by atoms with E-state index in [1.807, 2.05) is 0 Å². The smallest absolute Gasteiger partial charge is 0.0613 e. The zero-order valence-electron chi connectivity index (χ0n) is 14.1. The predicted octanol–water partition coefficient (Wildman–Crippen LogP) is 3.19. The van der Waals surface area contributed by atoms with Crippen LogP contribution in [0, 0.1) is 13.8 Å². The summed E-state index contributed by atoms with van der Waals surface area (Å²) in [6.07, 6.45) is 1.92. The zero-order chi connectivity index (χ0) is 15.9. The Kier molecular flexibility index (Phi) is 3.84. The number of hydrogen-bond donors (Lipinski definition) is 1. The Morgan fingerprint density at radius 3 is 2.55 bits per heavy atom. The summed E-state index contributed by atoms with van der Waals surface area (Å²) < 4.78 is 0. The highest BCUT2D eigenvalue weighted by atomic mass is 15.1. The van der Waals surface area contributed by atoms with Crippen LogP contribution in [0.3, 0.4) is 0 Å². The number of likely N-dealkylation sites (N-methyl/N-ethyl adjacent to an activating group) is 1. The van der Waals surface area contributed by atoms with Gasteiger partial charge >= 0.3 is 0 Å². The molecule has 0 aliphatic heterocycles. The molecule has 2 heteroatoms. The first-order chi connectivity index (χ1) is 10.4. The van der Waals surface area contributed by atoms with E-state index < -0.39 is 0 Å². The van der Waals surface area contributed by atoms with E-state index in [1.165, 1.54) is 27.8 Å². The van der Waals surface area contributed by atoms with Crippen molar-refractivity contribution in [3.05, 3.63) is 70.3 Å². The van der Waals surface area contributed by atoms with Gasteiger partial charge in [0.05, 0.1) is 5.54 Å². The van der Waals surface area contributed by atoms with Gasteiger partial charge in [-0.3, -0.25) is 0 Å². The quantitative estimate of drug-likeness (QED) is 0.942. The molecule has 22 heavy (non-hydrogen) atoms. The molecule has 2 atom stereocenters. The Morgan fingerprint density at radius 1 is 1.14 bits per heavy atom. The molecule has 0 amide bonds. The van der Waals surface area contributed by atoms with E-state index in [4.69, 9.17) is 5.73 Å². The molecule has 0 bridgehead atoms. The molecule has 0 heterocycles. The monoisotopic (exact) mass is 294 g/mol. The lowest BCUT2D eigenvalue weighted by atomic mass is 9.81. The van der Waals surface area contributed by atoms with E-state index in [0.29, 0.717) is 6.04 Å². The molecular weight excluding hydrogens is 268 g/mol. The van der Waals surface area contributed by atoms with Gasteiger partial charge in [0.15, 0.2) is 0 Å². The van der Waals surface area contributed by atoms with Gasteiger partial charge < -0.3 is 10.6 Å². The third-order valence-electron chi connectivity index (χ3n) is 5.13. The second-order valence-corrected chi connectivity index (χ2v) is 6.99. The van der Waals surface area contributed by atoms with Gasteiger partial charge in [0.1, 0.15) is 0 Å². The van der Waals surface area contributed by atoms with Gasteiger partial charge in [-0.1, -0.05) is 48.0 Å². The molecule has 2 aromatic carbocycles. The standard InChI is InChI=1S/C20H26N2/c1-14-9-10-17(15(2)11-14)13-20(21)18-8-6-5-7-16(18)12-19(20)22(3)4/h5-11,19H,12-13,21H2,1-4H3. The minimum Gasteiger partial charge on any atom is -0.320 e. The van der Waals surface area contributed by atoms with Crippen molar-refractivity contribution in [1.82, 2.24) is 4.90 Å². The van der Waals surface area contributed by atoms with Crippen LogP contribution >= 0.6 is 0 Å². The lowest BCUT2D eigenvalue weighted by Gasteiger charge is -2.37. The molecule has 2 N–H and O–H groups in total. The largest absolute Gasteiger partial charge is 0.320 e. The molecule has 0 spiro atoms. The Balaban J connectivity index is 2.04. The second-order valence-electron chi connectivity index (χ2n) is 6.99. The Labute approximate surface area is 134 Å². The van der Waals surface area contributed by atoms with E-state index >= 15 is 0 Å². The normalized spacial score (nSPS) is 23.8. The molecule has 2 aromatic rings. The SMILES string of the molecule is Cc1ccc(CC2(N)c3ccccc3CC2N(C)C)c(C)c1. The van der Waals surface area contributed by atoms with Gasteiger partial charge in [-0.2, -0.15) is 0 Å². The second kappa shape index (κ2) is 5.53. The minimum atomic E-state index is -0.319. The van der Waals surface area contributed by atoms with Gasteiger partial charge in [0.25, 0.3) is 0 Å². The summed E-state index contributed by atoms with van der Waals surface area (Å²) in [5.74, 6) is 0. The molecule has 1 aliphatic carbocycles. The fourth-order valence-corrected chi connectivity index (χ4v) is 3.94. The van der Waals surface area contributed by atoms with Crippen LogP contribution in [-0.2, 0) is 18.4 Å². The lowest BCUT2D eigenvalue weighted by molar-refractivity contribution is 0.192. The van der Waals surface area contributed by atoms with E-state index in [9.17, 15) is 0 Å². The van der Waals surface area contributed by atoms with E-state index in [0.717, 1.165) is 12.8 Å². The Morgan fingerprint density at radius 2 is 1.86 bits per heavy atom. The van der Waals surface area contributed by atoms with Crippen LogP contribution in [0.25, 0.3) is 0 Å². The van der Waals surface area contributed by atoms with E-state index in [2.05, 4.69) is 75.3 Å². The fourth-order valence-electron chi connectivity index (χ4n) is 3.94. The molecule has 2 nitrogen and oxygen atoms in total. The van der Waals surface area contributed by atoms with Gasteiger partial charge in [-0.15, -0.1) is 0 Å². The molecule has 0 saturated carbocycles. The molecule has 2 unspecified atom stereocenters. The number of rotatable bonds is 3. The molecule has 116 valence electrons. The van der Waals surface area contributed by atoms with Crippen LogP contribution in [-0.4, -0.2) is 25.0 Å². The predicted molar refractivity (Wildman–Crippen MR) is 93.1 cm³/mol. The highest BCUT2D eigenvalue weighted by Crippen LogP contribution is 2.40. The summed E-state index contributed by atoms with van der Waals surface area (Å²) in [6.45, 7) is 4.33. The first-order valence-electron chi connectivity index (χ1n) is 8.01. The van der Waals surface area contributed by atoms with Crippen molar-refractivity contribution in [3.63, 3.8) is 0 Å². The number of aryl methyl sites for hydroxylation is 2. The van der Waals surface area contributed by atoms with Crippen molar-refractivity contribution < 1.29 is 0 Å². The summed E-state index contributed by atoms with van der Waals surface area (Å²) in [7, 11) is 4.28. The van der Waals surface area contributed by atoms with Crippen LogP contribution in [0.15, 0.2) is 42.5 Å². The Bertz CT molecular complexity index is 690. The number of hydrogen-bond acceptors (Lipinski definition) is 2. The van der Waals surface area contributed by atoms with Crippen molar-refractivity contribution in [2.24, 2.45) is 5.73 Å². The summed E-state index contributed by atoms with van der Waals surface area (Å²) >= 11 is 0. The van der Waals surface area contributed by atoms with Crippen LogP contribution in [0.5, 0.6) is 0 Å². The molecular formula is C20H26N2. The maximum Gasteiger partial charge on any atom is 0.0613 e. The average molecular weight is 294 g/mol. The van der Waals surface area contributed by atoms with Crippen LogP contribution in [0.4, 0.5) is 0 Å². The zero-order valence-corrected chi connectivity index (χ0v) is 14.1. The maximum atomic E-state index is 7.01. The molecule has 0 saturated heterocycles. The molecule has 0 fully saturated rings. The first kappa shape index (κ1) is 15.3. The number of nitrogens with zero attached hydrogens (tertiary/aromatic N) is 1. The third-order valence-corrected chi connectivity index (χ3v) is 5.13. The van der Waals surface area contributed by atoms with Gasteiger partial charge in [0, 0.05) is 6.04 Å². The van der Waals surface area contributed by atoms with Gasteiger partial charge in [-0.25, -0.2) is 0 Å². The van der Waals surface area contributed by atoms with Crippen LogP contribution in [0.1, 0.15) is 27.8 Å². The van der Waals surface area contributed by atoms with Crippen molar-refractivity contribution in [1.29, 1.82) is 0 Å².